The number of carbonyl (C=O) groups excluding carboxylic acids is 3. The molecular formula is C15H15NO5S. The minimum absolute atomic E-state index is 0.0543. The van der Waals surface area contributed by atoms with Crippen LogP contribution in [0.2, 0.25) is 0 Å². The number of ether oxygens (including phenoxy) is 2. The van der Waals surface area contributed by atoms with Crippen LogP contribution in [0.4, 0.5) is 0 Å². The SMILES string of the molecule is CC(=O)OC1=C(N2CCCC2=O)OC(C)(c2cccs2)C1=O. The Morgan fingerprint density at radius 1 is 1.45 bits per heavy atom. The Morgan fingerprint density at radius 2 is 2.23 bits per heavy atom. The third-order valence-electron chi connectivity index (χ3n) is 3.69. The molecule has 1 saturated heterocycles. The summed E-state index contributed by atoms with van der Waals surface area (Å²) < 4.78 is 10.9. The van der Waals surface area contributed by atoms with Crippen LogP contribution in [-0.2, 0) is 29.5 Å². The van der Waals surface area contributed by atoms with E-state index in [0.29, 0.717) is 24.3 Å². The fraction of sp³-hybridized carbons (Fsp3) is 0.400. The highest BCUT2D eigenvalue weighted by Crippen LogP contribution is 2.42. The number of carbonyl (C=O) groups is 3. The van der Waals surface area contributed by atoms with Crippen molar-refractivity contribution in [1.82, 2.24) is 4.90 Å². The van der Waals surface area contributed by atoms with Gasteiger partial charge in [0, 0.05) is 19.9 Å². The highest BCUT2D eigenvalue weighted by atomic mass is 32.1. The van der Waals surface area contributed by atoms with E-state index in [9.17, 15) is 14.4 Å². The average Bonchev–Trinajstić information content (AvgIpc) is 3.16. The van der Waals surface area contributed by atoms with Crippen LogP contribution in [0.25, 0.3) is 0 Å². The van der Waals surface area contributed by atoms with Gasteiger partial charge in [0.2, 0.25) is 23.2 Å². The van der Waals surface area contributed by atoms with Gasteiger partial charge in [-0.05, 0) is 24.8 Å². The lowest BCUT2D eigenvalue weighted by molar-refractivity contribution is -0.142. The maximum atomic E-state index is 12.7. The Bertz CT molecular complexity index is 678. The monoisotopic (exact) mass is 321 g/mol. The lowest BCUT2D eigenvalue weighted by Crippen LogP contribution is -2.32. The molecular weight excluding hydrogens is 306 g/mol. The molecule has 0 saturated carbocycles. The summed E-state index contributed by atoms with van der Waals surface area (Å²) in [6.07, 6.45) is 1.08. The van der Waals surface area contributed by atoms with Crippen LogP contribution in [-0.4, -0.2) is 29.1 Å². The molecule has 0 aliphatic carbocycles. The molecule has 0 radical (unpaired) electrons. The highest BCUT2D eigenvalue weighted by molar-refractivity contribution is 7.10. The fourth-order valence-corrected chi connectivity index (χ4v) is 3.41. The first kappa shape index (κ1) is 14.8. The summed E-state index contributed by atoms with van der Waals surface area (Å²) in [6.45, 7) is 3.29. The molecule has 2 aliphatic heterocycles. The topological polar surface area (TPSA) is 72.9 Å². The molecule has 1 atom stereocenters. The molecule has 0 spiro atoms. The van der Waals surface area contributed by atoms with E-state index in [1.54, 1.807) is 13.0 Å². The second-order valence-corrected chi connectivity index (χ2v) is 6.27. The van der Waals surface area contributed by atoms with Crippen molar-refractivity contribution in [2.24, 2.45) is 0 Å². The first-order valence-corrected chi connectivity index (χ1v) is 7.82. The van der Waals surface area contributed by atoms with E-state index in [-0.39, 0.29) is 17.5 Å². The van der Waals surface area contributed by atoms with Gasteiger partial charge in [-0.1, -0.05) is 6.07 Å². The van der Waals surface area contributed by atoms with Gasteiger partial charge >= 0.3 is 5.97 Å². The molecule has 7 heteroatoms. The number of thiophene rings is 1. The number of esters is 1. The van der Waals surface area contributed by atoms with Crippen molar-refractivity contribution >= 4 is 29.0 Å². The summed E-state index contributed by atoms with van der Waals surface area (Å²) in [6, 6.07) is 3.59. The van der Waals surface area contributed by atoms with Gasteiger partial charge in [-0.3, -0.25) is 19.3 Å². The van der Waals surface area contributed by atoms with E-state index in [4.69, 9.17) is 9.47 Å². The molecule has 3 heterocycles. The van der Waals surface area contributed by atoms with Gasteiger partial charge < -0.3 is 9.47 Å². The van der Waals surface area contributed by atoms with E-state index >= 15 is 0 Å². The maximum absolute atomic E-state index is 12.7. The third-order valence-corrected chi connectivity index (χ3v) is 4.76. The van der Waals surface area contributed by atoms with Crippen LogP contribution < -0.4 is 0 Å². The summed E-state index contributed by atoms with van der Waals surface area (Å²) in [7, 11) is 0. The van der Waals surface area contributed by atoms with Crippen LogP contribution >= 0.6 is 11.3 Å². The predicted octanol–water partition coefficient (Wildman–Crippen LogP) is 1.92. The molecule has 116 valence electrons. The summed E-state index contributed by atoms with van der Waals surface area (Å²) >= 11 is 1.37. The second-order valence-electron chi connectivity index (χ2n) is 5.32. The molecule has 2 aliphatic rings. The molecule has 0 aromatic carbocycles. The summed E-state index contributed by atoms with van der Waals surface area (Å²) in [5.41, 5.74) is -1.27. The minimum atomic E-state index is -1.27. The largest absolute Gasteiger partial charge is 0.455 e. The smallest absolute Gasteiger partial charge is 0.308 e. The van der Waals surface area contributed by atoms with E-state index in [1.165, 1.54) is 23.2 Å². The molecule has 0 bridgehead atoms. The number of ketones is 1. The zero-order valence-electron chi connectivity index (χ0n) is 12.3. The van der Waals surface area contributed by atoms with Crippen LogP contribution in [0.1, 0.15) is 31.6 Å². The van der Waals surface area contributed by atoms with Gasteiger partial charge in [-0.25, -0.2) is 0 Å². The number of nitrogens with zero attached hydrogens (tertiary/aromatic N) is 1. The molecule has 1 unspecified atom stereocenters. The van der Waals surface area contributed by atoms with Crippen molar-refractivity contribution in [3.63, 3.8) is 0 Å². The Hall–Kier alpha value is -2.15. The van der Waals surface area contributed by atoms with Crippen molar-refractivity contribution in [3.05, 3.63) is 34.0 Å². The van der Waals surface area contributed by atoms with E-state index in [2.05, 4.69) is 0 Å². The average molecular weight is 321 g/mol. The van der Waals surface area contributed by atoms with Crippen LogP contribution in [0.3, 0.4) is 0 Å². The first-order chi connectivity index (χ1) is 10.4. The number of rotatable bonds is 3. The normalized spacial score (nSPS) is 24.9. The molecule has 6 nitrogen and oxygen atoms in total. The van der Waals surface area contributed by atoms with E-state index < -0.39 is 17.4 Å². The fourth-order valence-electron chi connectivity index (χ4n) is 2.59. The number of amides is 1. The zero-order chi connectivity index (χ0) is 15.9. The van der Waals surface area contributed by atoms with Crippen LogP contribution in [0, 0.1) is 0 Å². The molecule has 1 fully saturated rings. The lowest BCUT2D eigenvalue weighted by atomic mass is 9.99. The Morgan fingerprint density at radius 3 is 2.77 bits per heavy atom. The van der Waals surface area contributed by atoms with Gasteiger partial charge in [0.1, 0.15) is 0 Å². The molecule has 0 N–H and O–H groups in total. The predicted molar refractivity (Wildman–Crippen MR) is 77.5 cm³/mol. The Kier molecular flexibility index (Phi) is 3.52. The molecule has 1 aromatic rings. The second kappa shape index (κ2) is 5.24. The first-order valence-electron chi connectivity index (χ1n) is 6.94. The summed E-state index contributed by atoms with van der Waals surface area (Å²) in [5, 5.41) is 1.84. The Balaban J connectivity index is 2.03. The van der Waals surface area contributed by atoms with Crippen molar-refractivity contribution in [3.8, 4) is 0 Å². The van der Waals surface area contributed by atoms with Crippen molar-refractivity contribution < 1.29 is 23.9 Å². The van der Waals surface area contributed by atoms with Crippen molar-refractivity contribution in [2.45, 2.75) is 32.3 Å². The molecule has 1 aromatic heterocycles. The van der Waals surface area contributed by atoms with E-state index in [0.717, 1.165) is 0 Å². The van der Waals surface area contributed by atoms with Gasteiger partial charge in [0.25, 0.3) is 5.78 Å². The van der Waals surface area contributed by atoms with Crippen molar-refractivity contribution in [1.29, 1.82) is 0 Å². The number of hydrogen-bond acceptors (Lipinski definition) is 6. The quantitative estimate of drug-likeness (QED) is 0.795. The molecule has 1 amide bonds. The lowest BCUT2D eigenvalue weighted by Gasteiger charge is -2.24. The summed E-state index contributed by atoms with van der Waals surface area (Å²) in [5.74, 6) is -1.33. The van der Waals surface area contributed by atoms with Crippen molar-refractivity contribution in [2.75, 3.05) is 6.54 Å². The molecule has 22 heavy (non-hydrogen) atoms. The Labute approximate surface area is 131 Å². The van der Waals surface area contributed by atoms with Gasteiger partial charge in [-0.2, -0.15) is 0 Å². The highest BCUT2D eigenvalue weighted by Gasteiger charge is 2.52. The minimum Gasteiger partial charge on any atom is -0.455 e. The number of Topliss-reactive ketones (excluding diaryl/α,β-unsaturated/α-hetero) is 1. The van der Waals surface area contributed by atoms with E-state index in [1.807, 2.05) is 11.4 Å². The van der Waals surface area contributed by atoms with Crippen LogP contribution in [0.5, 0.6) is 0 Å². The zero-order valence-corrected chi connectivity index (χ0v) is 13.1. The third kappa shape index (κ3) is 2.21. The number of hydrogen-bond donors (Lipinski definition) is 0. The van der Waals surface area contributed by atoms with Gasteiger partial charge in [-0.15, -0.1) is 11.3 Å². The standard InChI is InChI=1S/C15H15NO5S/c1-9(17)20-12-13(19)15(2,10-5-4-8-22-10)21-14(12)16-7-3-6-11(16)18/h4-5,8H,3,6-7H2,1-2H3. The summed E-state index contributed by atoms with van der Waals surface area (Å²) in [4.78, 5) is 38.1. The molecule has 3 rings (SSSR count). The number of likely N-dealkylation sites (tertiary alicyclic amines) is 1. The maximum Gasteiger partial charge on any atom is 0.308 e. The van der Waals surface area contributed by atoms with Gasteiger partial charge in [0.05, 0.1) is 4.88 Å². The van der Waals surface area contributed by atoms with Crippen LogP contribution in [0.15, 0.2) is 29.2 Å². The van der Waals surface area contributed by atoms with Gasteiger partial charge in [0.15, 0.2) is 0 Å².